The Balaban J connectivity index is 1.89. The van der Waals surface area contributed by atoms with Crippen molar-refractivity contribution in [3.63, 3.8) is 0 Å². The van der Waals surface area contributed by atoms with E-state index in [1.807, 2.05) is 77.7 Å². The highest BCUT2D eigenvalue weighted by Gasteiger charge is 2.28. The average molecular weight is 464 g/mol. The van der Waals surface area contributed by atoms with Gasteiger partial charge in [0.1, 0.15) is 5.25 Å². The zero-order valence-corrected chi connectivity index (χ0v) is 20.1. The topological polar surface area (TPSA) is 72.5 Å². The van der Waals surface area contributed by atoms with E-state index in [0.29, 0.717) is 36.0 Å². The van der Waals surface area contributed by atoms with Crippen LogP contribution in [0, 0.1) is 0 Å². The van der Waals surface area contributed by atoms with Gasteiger partial charge < -0.3 is 4.90 Å². The number of aromatic nitrogens is 4. The minimum atomic E-state index is -0.465. The molecule has 1 unspecified atom stereocenters. The first-order valence-electron chi connectivity index (χ1n) is 11.5. The van der Waals surface area contributed by atoms with Crippen molar-refractivity contribution >= 4 is 34.3 Å². The van der Waals surface area contributed by atoms with Gasteiger partial charge in [0.2, 0.25) is 11.7 Å². The lowest BCUT2D eigenvalue weighted by molar-refractivity contribution is -0.130. The molecule has 0 radical (unpaired) electrons. The second kappa shape index (κ2) is 10.2. The smallest absolute Gasteiger partial charge is 0.262 e. The molecule has 4 rings (SSSR count). The fourth-order valence-corrected chi connectivity index (χ4v) is 5.15. The Kier molecular flexibility index (Phi) is 7.13. The third-order valence-electron chi connectivity index (χ3n) is 5.84. The molecule has 33 heavy (non-hydrogen) atoms. The summed E-state index contributed by atoms with van der Waals surface area (Å²) in [4.78, 5) is 28.5. The number of nitrogens with zero attached hydrogens (tertiary/aromatic N) is 5. The van der Waals surface area contributed by atoms with E-state index in [1.165, 1.54) is 11.8 Å². The summed E-state index contributed by atoms with van der Waals surface area (Å²) in [5.41, 5.74) is 1.61. The monoisotopic (exact) mass is 463 g/mol. The predicted octanol–water partition coefficient (Wildman–Crippen LogP) is 4.55. The predicted molar refractivity (Wildman–Crippen MR) is 133 cm³/mol. The summed E-state index contributed by atoms with van der Waals surface area (Å²) < 4.78 is 3.62. The van der Waals surface area contributed by atoms with Crippen molar-refractivity contribution in [2.45, 2.75) is 50.6 Å². The molecule has 0 spiro atoms. The first kappa shape index (κ1) is 23.0. The number of thioether (sulfide) groups is 1. The van der Waals surface area contributed by atoms with Crippen LogP contribution in [0.5, 0.6) is 0 Å². The van der Waals surface area contributed by atoms with Gasteiger partial charge in [-0.15, -0.1) is 10.2 Å². The first-order valence-corrected chi connectivity index (χ1v) is 12.4. The highest BCUT2D eigenvalue weighted by Crippen LogP contribution is 2.36. The van der Waals surface area contributed by atoms with Gasteiger partial charge in [0, 0.05) is 19.6 Å². The number of hydrogen-bond donors (Lipinski definition) is 0. The van der Waals surface area contributed by atoms with Gasteiger partial charge in [-0.1, -0.05) is 67.6 Å². The van der Waals surface area contributed by atoms with Crippen LogP contribution in [-0.4, -0.2) is 43.1 Å². The lowest BCUT2D eigenvalue weighted by Gasteiger charge is -2.24. The number of carbonyl (C=O) groups is 1. The maximum absolute atomic E-state index is 13.5. The van der Waals surface area contributed by atoms with E-state index in [2.05, 4.69) is 17.1 Å². The molecule has 8 heteroatoms. The van der Waals surface area contributed by atoms with Crippen LogP contribution in [0.25, 0.3) is 16.7 Å². The van der Waals surface area contributed by atoms with E-state index in [9.17, 15) is 9.59 Å². The molecule has 0 aliphatic heterocycles. The summed E-state index contributed by atoms with van der Waals surface area (Å²) in [6.07, 6.45) is 1.84. The number of aryl methyl sites for hydroxylation is 1. The van der Waals surface area contributed by atoms with Crippen molar-refractivity contribution in [2.75, 3.05) is 13.1 Å². The summed E-state index contributed by atoms with van der Waals surface area (Å²) in [5.74, 6) is 0.549. The van der Waals surface area contributed by atoms with Crippen LogP contribution in [0.15, 0.2) is 64.5 Å². The van der Waals surface area contributed by atoms with Crippen molar-refractivity contribution in [3.8, 4) is 0 Å². The van der Waals surface area contributed by atoms with Crippen LogP contribution < -0.4 is 5.56 Å². The minimum Gasteiger partial charge on any atom is -0.342 e. The minimum absolute atomic E-state index is 0.0385. The third-order valence-corrected chi connectivity index (χ3v) is 7.02. The Hall–Kier alpha value is -3.13. The highest BCUT2D eigenvalue weighted by molar-refractivity contribution is 8.00. The zero-order valence-electron chi connectivity index (χ0n) is 19.3. The number of carbonyl (C=O) groups excluding carboxylic acids is 1. The number of rotatable bonds is 9. The molecule has 172 valence electrons. The molecule has 0 aliphatic rings. The number of likely N-dealkylation sites (N-methyl/N-ethyl adjacent to an activating group) is 1. The lowest BCUT2D eigenvalue weighted by Crippen LogP contribution is -2.34. The number of hydrogen-bond acceptors (Lipinski definition) is 5. The summed E-state index contributed by atoms with van der Waals surface area (Å²) in [6.45, 7) is 7.92. The number of amides is 1. The van der Waals surface area contributed by atoms with Gasteiger partial charge in [-0.05, 0) is 38.0 Å². The SMILES string of the molecule is CCCCn1c(=O)c2ccccc2n2c(SC(C(=O)N(CC)CC)c3ccccc3)nnc12. The Labute approximate surface area is 197 Å². The molecule has 0 fully saturated rings. The second-order valence-corrected chi connectivity index (χ2v) is 8.94. The van der Waals surface area contributed by atoms with Crippen LogP contribution in [0.2, 0.25) is 0 Å². The molecule has 1 amide bonds. The molecule has 0 saturated heterocycles. The fourth-order valence-electron chi connectivity index (χ4n) is 4.02. The van der Waals surface area contributed by atoms with Gasteiger partial charge in [-0.2, -0.15) is 0 Å². The molecule has 1 atom stereocenters. The molecule has 0 bridgehead atoms. The normalized spacial score (nSPS) is 12.3. The van der Waals surface area contributed by atoms with Crippen LogP contribution >= 0.6 is 11.8 Å². The summed E-state index contributed by atoms with van der Waals surface area (Å²) in [7, 11) is 0. The number of unbranched alkanes of at least 4 members (excludes halogenated alkanes) is 1. The second-order valence-electron chi connectivity index (χ2n) is 7.86. The molecular weight excluding hydrogens is 434 g/mol. The molecule has 4 aromatic rings. The van der Waals surface area contributed by atoms with E-state index in [1.54, 1.807) is 4.57 Å². The Morgan fingerprint density at radius 2 is 1.70 bits per heavy atom. The summed E-state index contributed by atoms with van der Waals surface area (Å²) >= 11 is 1.38. The molecule has 2 aromatic heterocycles. The standard InChI is InChI=1S/C25H29N5O2S/c1-4-7-17-29-22(31)19-15-11-12-16-20(19)30-24(29)26-27-25(30)33-21(18-13-9-8-10-14-18)23(32)28(5-2)6-3/h8-16,21H,4-7,17H2,1-3H3. The highest BCUT2D eigenvalue weighted by atomic mass is 32.2. The zero-order chi connectivity index (χ0) is 23.4. The van der Waals surface area contributed by atoms with Crippen molar-refractivity contribution in [1.29, 1.82) is 0 Å². The molecule has 7 nitrogen and oxygen atoms in total. The Morgan fingerprint density at radius 3 is 2.39 bits per heavy atom. The summed E-state index contributed by atoms with van der Waals surface area (Å²) in [5, 5.41) is 9.62. The van der Waals surface area contributed by atoms with Gasteiger partial charge in [0.05, 0.1) is 10.9 Å². The van der Waals surface area contributed by atoms with Crippen molar-refractivity contribution in [1.82, 2.24) is 24.1 Å². The molecule has 0 aliphatic carbocycles. The van der Waals surface area contributed by atoms with E-state index in [0.717, 1.165) is 23.9 Å². The maximum Gasteiger partial charge on any atom is 0.262 e. The Bertz CT molecular complexity index is 1310. The molecule has 0 saturated carbocycles. The summed E-state index contributed by atoms with van der Waals surface area (Å²) in [6, 6.07) is 17.3. The van der Waals surface area contributed by atoms with E-state index in [-0.39, 0.29) is 11.5 Å². The molecular formula is C25H29N5O2S. The van der Waals surface area contributed by atoms with E-state index < -0.39 is 5.25 Å². The van der Waals surface area contributed by atoms with E-state index in [4.69, 9.17) is 0 Å². The van der Waals surface area contributed by atoms with Gasteiger partial charge in [0.25, 0.3) is 5.56 Å². The molecule has 2 heterocycles. The first-order chi connectivity index (χ1) is 16.1. The molecule has 0 N–H and O–H groups in total. The number of para-hydroxylation sites is 1. The van der Waals surface area contributed by atoms with Crippen molar-refractivity contribution in [3.05, 3.63) is 70.5 Å². The van der Waals surface area contributed by atoms with Crippen molar-refractivity contribution < 1.29 is 4.79 Å². The van der Waals surface area contributed by atoms with Crippen LogP contribution in [0.4, 0.5) is 0 Å². The van der Waals surface area contributed by atoms with Crippen molar-refractivity contribution in [2.24, 2.45) is 0 Å². The largest absolute Gasteiger partial charge is 0.342 e. The van der Waals surface area contributed by atoms with Crippen LogP contribution in [0.1, 0.15) is 44.4 Å². The third kappa shape index (κ3) is 4.39. The van der Waals surface area contributed by atoms with Gasteiger partial charge in [-0.25, -0.2) is 0 Å². The fraction of sp³-hybridized carbons (Fsp3) is 0.360. The maximum atomic E-state index is 13.5. The van der Waals surface area contributed by atoms with Crippen LogP contribution in [-0.2, 0) is 11.3 Å². The van der Waals surface area contributed by atoms with Crippen LogP contribution in [0.3, 0.4) is 0 Å². The van der Waals surface area contributed by atoms with E-state index >= 15 is 0 Å². The van der Waals surface area contributed by atoms with Gasteiger partial charge in [-0.3, -0.25) is 18.6 Å². The van der Waals surface area contributed by atoms with Gasteiger partial charge in [0.15, 0.2) is 5.16 Å². The lowest BCUT2D eigenvalue weighted by atomic mass is 10.1. The molecule has 2 aromatic carbocycles. The number of fused-ring (bicyclic) bond motifs is 3. The average Bonchev–Trinajstić information content (AvgIpc) is 3.27. The van der Waals surface area contributed by atoms with Gasteiger partial charge >= 0.3 is 0 Å². The quantitative estimate of drug-likeness (QED) is 0.341. The number of benzene rings is 2. The Morgan fingerprint density at radius 1 is 1.00 bits per heavy atom.